The molecule has 0 aromatic carbocycles. The quantitative estimate of drug-likeness (QED) is 0.553. The van der Waals surface area contributed by atoms with Gasteiger partial charge in [0.05, 0.1) is 5.54 Å². The zero-order valence-corrected chi connectivity index (χ0v) is 7.89. The lowest BCUT2D eigenvalue weighted by atomic mass is 10.0. The maximum Gasteiger partial charge on any atom is 0.410 e. The third-order valence-electron chi connectivity index (χ3n) is 2.62. The van der Waals surface area contributed by atoms with Crippen LogP contribution in [0.4, 0.5) is 4.79 Å². The second-order valence-corrected chi connectivity index (χ2v) is 4.79. The minimum Gasteiger partial charge on any atom is -0.447 e. The van der Waals surface area contributed by atoms with Crippen LogP contribution in [0.1, 0.15) is 33.6 Å². The van der Waals surface area contributed by atoms with Gasteiger partial charge in [-0.05, 0) is 33.6 Å². The van der Waals surface area contributed by atoms with E-state index in [0.29, 0.717) is 6.61 Å². The third-order valence-corrected chi connectivity index (χ3v) is 2.62. The molecule has 3 nitrogen and oxygen atoms in total. The number of cyclic esters (lactones) is 1. The van der Waals surface area contributed by atoms with Crippen LogP contribution in [-0.4, -0.2) is 28.7 Å². The maximum atomic E-state index is 11.4. The molecular formula is C9H15NO2. The first kappa shape index (κ1) is 7.90. The average molecular weight is 169 g/mol. The zero-order valence-electron chi connectivity index (χ0n) is 7.89. The number of rotatable bonds is 0. The van der Waals surface area contributed by atoms with E-state index in [1.54, 1.807) is 0 Å². The van der Waals surface area contributed by atoms with Crippen molar-refractivity contribution in [1.82, 2.24) is 4.90 Å². The molecule has 0 unspecified atom stereocenters. The predicted molar refractivity (Wildman–Crippen MR) is 44.9 cm³/mol. The van der Waals surface area contributed by atoms with Crippen molar-refractivity contribution in [3.05, 3.63) is 0 Å². The van der Waals surface area contributed by atoms with Crippen LogP contribution >= 0.6 is 0 Å². The van der Waals surface area contributed by atoms with Gasteiger partial charge >= 0.3 is 6.09 Å². The van der Waals surface area contributed by atoms with Crippen LogP contribution in [0, 0.1) is 0 Å². The van der Waals surface area contributed by atoms with E-state index in [2.05, 4.69) is 20.8 Å². The predicted octanol–water partition coefficient (Wildman–Crippen LogP) is 1.77. The summed E-state index contributed by atoms with van der Waals surface area (Å²) < 4.78 is 5.06. The van der Waals surface area contributed by atoms with Crippen molar-refractivity contribution in [2.75, 3.05) is 6.61 Å². The Morgan fingerprint density at radius 2 is 2.00 bits per heavy atom. The molecule has 1 aliphatic heterocycles. The van der Waals surface area contributed by atoms with Crippen molar-refractivity contribution < 1.29 is 9.53 Å². The zero-order chi connectivity index (χ0) is 8.98. The van der Waals surface area contributed by atoms with E-state index >= 15 is 0 Å². The molecule has 0 bridgehead atoms. The standard InChI is InChI=1S/C9H15NO2/c1-8(2,3)10-7(11)12-6-9(10)4-5-9/h4-6H2,1-3H3. The number of carbonyl (C=O) groups is 1. The summed E-state index contributed by atoms with van der Waals surface area (Å²) in [5.74, 6) is 0. The molecule has 2 rings (SSSR count). The Morgan fingerprint density at radius 1 is 1.42 bits per heavy atom. The van der Waals surface area contributed by atoms with Crippen LogP contribution in [0.3, 0.4) is 0 Å². The second kappa shape index (κ2) is 1.95. The van der Waals surface area contributed by atoms with E-state index in [1.807, 2.05) is 4.90 Å². The Hall–Kier alpha value is -0.730. The first-order chi connectivity index (χ1) is 5.46. The number of nitrogens with zero attached hydrogens (tertiary/aromatic N) is 1. The molecule has 12 heavy (non-hydrogen) atoms. The lowest BCUT2D eigenvalue weighted by Gasteiger charge is -2.34. The van der Waals surface area contributed by atoms with Crippen LogP contribution in [-0.2, 0) is 4.74 Å². The number of hydrogen-bond donors (Lipinski definition) is 0. The fourth-order valence-electron chi connectivity index (χ4n) is 2.02. The molecule has 1 saturated carbocycles. The van der Waals surface area contributed by atoms with Crippen molar-refractivity contribution in [2.45, 2.75) is 44.7 Å². The molecule has 0 aromatic heterocycles. The summed E-state index contributed by atoms with van der Waals surface area (Å²) in [4.78, 5) is 13.3. The van der Waals surface area contributed by atoms with Crippen molar-refractivity contribution >= 4 is 6.09 Å². The molecule has 2 fully saturated rings. The summed E-state index contributed by atoms with van der Waals surface area (Å²) in [6.45, 7) is 6.77. The highest BCUT2D eigenvalue weighted by molar-refractivity contribution is 5.73. The van der Waals surface area contributed by atoms with Crippen molar-refractivity contribution in [3.63, 3.8) is 0 Å². The molecule has 1 spiro atoms. The van der Waals surface area contributed by atoms with Crippen LogP contribution in [0.15, 0.2) is 0 Å². The molecule has 3 heteroatoms. The Labute approximate surface area is 72.7 Å². The summed E-state index contributed by atoms with van der Waals surface area (Å²) in [5.41, 5.74) is -0.0145. The van der Waals surface area contributed by atoms with Gasteiger partial charge in [0.1, 0.15) is 6.61 Å². The molecule has 1 amide bonds. The molecule has 1 aliphatic carbocycles. The largest absolute Gasteiger partial charge is 0.447 e. The van der Waals surface area contributed by atoms with E-state index < -0.39 is 0 Å². The minimum absolute atomic E-state index is 0.0787. The molecular weight excluding hydrogens is 154 g/mol. The van der Waals surface area contributed by atoms with Crippen LogP contribution in [0.25, 0.3) is 0 Å². The van der Waals surface area contributed by atoms with Crippen LogP contribution in [0.5, 0.6) is 0 Å². The minimum atomic E-state index is -0.139. The molecule has 0 aromatic rings. The fourth-order valence-corrected chi connectivity index (χ4v) is 2.02. The number of ether oxygens (including phenoxy) is 1. The molecule has 0 radical (unpaired) electrons. The van der Waals surface area contributed by atoms with E-state index in [9.17, 15) is 4.79 Å². The summed E-state index contributed by atoms with van der Waals surface area (Å²) >= 11 is 0. The first-order valence-electron chi connectivity index (χ1n) is 4.43. The van der Waals surface area contributed by atoms with E-state index in [4.69, 9.17) is 4.74 Å². The lowest BCUT2D eigenvalue weighted by Crippen LogP contribution is -2.48. The summed E-state index contributed by atoms with van der Waals surface area (Å²) in [6, 6.07) is 0. The smallest absolute Gasteiger partial charge is 0.410 e. The van der Waals surface area contributed by atoms with Crippen molar-refractivity contribution in [1.29, 1.82) is 0 Å². The number of amides is 1. The topological polar surface area (TPSA) is 29.5 Å². The molecule has 2 aliphatic rings. The van der Waals surface area contributed by atoms with Crippen LogP contribution < -0.4 is 0 Å². The average Bonchev–Trinajstić information content (AvgIpc) is 2.53. The van der Waals surface area contributed by atoms with Gasteiger partial charge in [-0.25, -0.2) is 4.79 Å². The third kappa shape index (κ3) is 0.919. The fraction of sp³-hybridized carbons (Fsp3) is 0.889. The summed E-state index contributed by atoms with van der Waals surface area (Å²) in [7, 11) is 0. The maximum absolute atomic E-state index is 11.4. The van der Waals surface area contributed by atoms with Gasteiger partial charge in [-0.2, -0.15) is 0 Å². The SMILES string of the molecule is CC(C)(C)N1C(=O)OCC12CC2. The highest BCUT2D eigenvalue weighted by atomic mass is 16.6. The first-order valence-corrected chi connectivity index (χ1v) is 4.43. The summed E-state index contributed by atoms with van der Waals surface area (Å²) in [6.07, 6.45) is 2.08. The Bertz CT molecular complexity index is 225. The van der Waals surface area contributed by atoms with Gasteiger partial charge in [0.2, 0.25) is 0 Å². The number of carbonyl (C=O) groups excluding carboxylic acids is 1. The molecule has 0 N–H and O–H groups in total. The Morgan fingerprint density at radius 3 is 2.33 bits per heavy atom. The monoisotopic (exact) mass is 169 g/mol. The van der Waals surface area contributed by atoms with Crippen molar-refractivity contribution in [3.8, 4) is 0 Å². The Balaban J connectivity index is 2.27. The van der Waals surface area contributed by atoms with E-state index in [-0.39, 0.29) is 17.2 Å². The summed E-state index contributed by atoms with van der Waals surface area (Å²) in [5, 5.41) is 0. The van der Waals surface area contributed by atoms with Gasteiger partial charge < -0.3 is 4.74 Å². The van der Waals surface area contributed by atoms with Gasteiger partial charge in [0.25, 0.3) is 0 Å². The van der Waals surface area contributed by atoms with Crippen molar-refractivity contribution in [2.24, 2.45) is 0 Å². The molecule has 1 saturated heterocycles. The van der Waals surface area contributed by atoms with Gasteiger partial charge in [0.15, 0.2) is 0 Å². The van der Waals surface area contributed by atoms with E-state index in [1.165, 1.54) is 0 Å². The second-order valence-electron chi connectivity index (χ2n) is 4.79. The highest BCUT2D eigenvalue weighted by Crippen LogP contribution is 2.49. The number of hydrogen-bond acceptors (Lipinski definition) is 2. The molecule has 1 heterocycles. The molecule has 0 atom stereocenters. The molecule has 68 valence electrons. The van der Waals surface area contributed by atoms with Gasteiger partial charge in [-0.1, -0.05) is 0 Å². The highest BCUT2D eigenvalue weighted by Gasteiger charge is 2.59. The Kier molecular flexibility index (Phi) is 1.28. The van der Waals surface area contributed by atoms with Crippen LogP contribution in [0.2, 0.25) is 0 Å². The van der Waals surface area contributed by atoms with E-state index in [0.717, 1.165) is 12.8 Å². The van der Waals surface area contributed by atoms with Gasteiger partial charge in [-0.15, -0.1) is 0 Å². The van der Waals surface area contributed by atoms with Gasteiger partial charge in [0, 0.05) is 5.54 Å². The van der Waals surface area contributed by atoms with Gasteiger partial charge in [-0.3, -0.25) is 4.90 Å². The normalized spacial score (nSPS) is 26.2. The lowest BCUT2D eigenvalue weighted by molar-refractivity contribution is 0.118.